The van der Waals surface area contributed by atoms with Gasteiger partial charge in [-0.15, -0.1) is 0 Å². The van der Waals surface area contributed by atoms with Gasteiger partial charge in [0, 0.05) is 13.1 Å². The smallest absolute Gasteiger partial charge is 0.334 e. The summed E-state index contributed by atoms with van der Waals surface area (Å²) in [5.74, 6) is -1.81. The Kier molecular flexibility index (Phi) is 3.26. The molecule has 1 amide bonds. The summed E-state index contributed by atoms with van der Waals surface area (Å²) in [7, 11) is 1.31. The number of benzene rings is 1. The summed E-state index contributed by atoms with van der Waals surface area (Å²) in [6, 6.07) is 3.45. The van der Waals surface area contributed by atoms with Gasteiger partial charge in [0.1, 0.15) is 11.5 Å². The number of phenols is 2. The van der Waals surface area contributed by atoms with E-state index >= 15 is 0 Å². The second-order valence-electron chi connectivity index (χ2n) is 3.83. The highest BCUT2D eigenvalue weighted by Crippen LogP contribution is 2.32. The third-order valence-corrected chi connectivity index (χ3v) is 2.74. The average molecular weight is 239 g/mol. The van der Waals surface area contributed by atoms with Gasteiger partial charge in [-0.05, 0) is 24.6 Å². The maximum absolute atomic E-state index is 11.3. The van der Waals surface area contributed by atoms with Crippen LogP contribution in [0.5, 0.6) is 11.5 Å². The lowest BCUT2D eigenvalue weighted by Gasteiger charge is -2.32. The molecule has 1 aromatic carbocycles. The molecule has 92 valence electrons. The molecule has 0 saturated heterocycles. The predicted octanol–water partition coefficient (Wildman–Crippen LogP) is 0.486. The molecule has 6 nitrogen and oxygen atoms in total. The predicted molar refractivity (Wildman–Crippen MR) is 58.6 cm³/mol. The highest BCUT2D eigenvalue weighted by atomic mass is 16.4. The van der Waals surface area contributed by atoms with E-state index in [2.05, 4.69) is 0 Å². The van der Waals surface area contributed by atoms with Crippen LogP contribution in [0.1, 0.15) is 12.5 Å². The normalized spacial score (nSPS) is 13.8. The van der Waals surface area contributed by atoms with Crippen LogP contribution in [0.3, 0.4) is 0 Å². The molecule has 1 atom stereocenters. The molecule has 1 aromatic rings. The van der Waals surface area contributed by atoms with Crippen molar-refractivity contribution in [1.29, 1.82) is 0 Å². The highest BCUT2D eigenvalue weighted by Gasteiger charge is 2.39. The molecule has 17 heavy (non-hydrogen) atoms. The monoisotopic (exact) mass is 239 g/mol. The summed E-state index contributed by atoms with van der Waals surface area (Å²) in [5.41, 5.74) is -1.55. The maximum Gasteiger partial charge on any atom is 0.334 e. The summed E-state index contributed by atoms with van der Waals surface area (Å²) in [5, 5.41) is 27.9. The van der Waals surface area contributed by atoms with Gasteiger partial charge in [0.25, 0.3) is 0 Å². The maximum atomic E-state index is 11.3. The van der Waals surface area contributed by atoms with E-state index in [1.54, 1.807) is 0 Å². The molecule has 0 aliphatic rings. The first-order valence-corrected chi connectivity index (χ1v) is 4.77. The zero-order valence-electron chi connectivity index (χ0n) is 9.41. The van der Waals surface area contributed by atoms with Crippen molar-refractivity contribution in [3.05, 3.63) is 23.8 Å². The summed E-state index contributed by atoms with van der Waals surface area (Å²) in [4.78, 5) is 23.0. The third-order valence-electron chi connectivity index (χ3n) is 2.74. The van der Waals surface area contributed by atoms with E-state index in [0.717, 1.165) is 11.0 Å². The van der Waals surface area contributed by atoms with Crippen LogP contribution in [0.2, 0.25) is 0 Å². The molecule has 0 saturated carbocycles. The number of aromatic hydroxyl groups is 2. The number of aliphatic carboxylic acids is 1. The number of carbonyl (C=O) groups is 2. The molecule has 0 heterocycles. The number of rotatable bonds is 4. The van der Waals surface area contributed by atoms with Crippen LogP contribution in [0.25, 0.3) is 0 Å². The molecule has 0 aliphatic heterocycles. The molecule has 6 heteroatoms. The lowest BCUT2D eigenvalue weighted by Crippen LogP contribution is -2.47. The van der Waals surface area contributed by atoms with Crippen molar-refractivity contribution in [1.82, 2.24) is 4.90 Å². The Balaban J connectivity index is 3.42. The first-order chi connectivity index (χ1) is 7.82. The van der Waals surface area contributed by atoms with Crippen LogP contribution < -0.4 is 0 Å². The number of carboxylic acids is 1. The molecule has 0 aliphatic carbocycles. The number of hydrogen-bond acceptors (Lipinski definition) is 4. The average Bonchev–Trinajstić information content (AvgIpc) is 2.25. The van der Waals surface area contributed by atoms with Crippen molar-refractivity contribution < 1.29 is 24.9 Å². The zero-order chi connectivity index (χ0) is 13.2. The molecule has 0 fully saturated rings. The van der Waals surface area contributed by atoms with E-state index in [1.165, 1.54) is 26.1 Å². The Labute approximate surface area is 97.7 Å². The van der Waals surface area contributed by atoms with E-state index < -0.39 is 11.5 Å². The Morgan fingerprint density at radius 3 is 2.12 bits per heavy atom. The second kappa shape index (κ2) is 4.32. The van der Waals surface area contributed by atoms with Gasteiger partial charge < -0.3 is 20.2 Å². The van der Waals surface area contributed by atoms with Crippen LogP contribution in [-0.2, 0) is 15.1 Å². The summed E-state index contributed by atoms with van der Waals surface area (Å²) >= 11 is 0. The summed E-state index contributed by atoms with van der Waals surface area (Å²) in [6.45, 7) is 1.30. The molecule has 1 unspecified atom stereocenters. The van der Waals surface area contributed by atoms with Crippen LogP contribution >= 0.6 is 0 Å². The standard InChI is InChI=1S/C11H13NO5/c1-11(10(16)17,12(2)6-13)7-3-8(14)5-9(15)4-7/h3-6,14-15H,1-2H3,(H,16,17). The molecule has 0 aromatic heterocycles. The van der Waals surface area contributed by atoms with Gasteiger partial charge in [-0.3, -0.25) is 4.79 Å². The Morgan fingerprint density at radius 2 is 1.76 bits per heavy atom. The van der Waals surface area contributed by atoms with Crippen molar-refractivity contribution in [2.24, 2.45) is 0 Å². The van der Waals surface area contributed by atoms with Crippen molar-refractivity contribution in [2.75, 3.05) is 7.05 Å². The van der Waals surface area contributed by atoms with E-state index in [0.29, 0.717) is 6.41 Å². The SMILES string of the molecule is CN(C=O)C(C)(C(=O)O)c1cc(O)cc(O)c1. The van der Waals surface area contributed by atoms with Gasteiger partial charge in [0.2, 0.25) is 6.41 Å². The number of likely N-dealkylation sites (N-methyl/N-ethyl adjacent to an activating group) is 1. The minimum Gasteiger partial charge on any atom is -0.508 e. The van der Waals surface area contributed by atoms with Gasteiger partial charge in [-0.2, -0.15) is 0 Å². The Hall–Kier alpha value is -2.24. The minimum atomic E-state index is -1.65. The lowest BCUT2D eigenvalue weighted by atomic mass is 9.90. The van der Waals surface area contributed by atoms with Crippen LogP contribution in [0.4, 0.5) is 0 Å². The van der Waals surface area contributed by atoms with Crippen molar-refractivity contribution in [2.45, 2.75) is 12.5 Å². The fraction of sp³-hybridized carbons (Fsp3) is 0.273. The molecule has 1 rings (SSSR count). The van der Waals surface area contributed by atoms with E-state index in [4.69, 9.17) is 0 Å². The van der Waals surface area contributed by atoms with Gasteiger partial charge >= 0.3 is 5.97 Å². The summed E-state index contributed by atoms with van der Waals surface area (Å²) in [6.07, 6.45) is 0.370. The largest absolute Gasteiger partial charge is 0.508 e. The van der Waals surface area contributed by atoms with Crippen molar-refractivity contribution in [3.63, 3.8) is 0 Å². The van der Waals surface area contributed by atoms with E-state index in [9.17, 15) is 24.9 Å². The Bertz CT molecular complexity index is 439. The van der Waals surface area contributed by atoms with Crippen LogP contribution in [0.15, 0.2) is 18.2 Å². The number of hydrogen-bond donors (Lipinski definition) is 3. The van der Waals surface area contributed by atoms with Crippen molar-refractivity contribution >= 4 is 12.4 Å². The number of carboxylic acid groups (broad SMARTS) is 1. The Morgan fingerprint density at radius 1 is 1.29 bits per heavy atom. The number of amides is 1. The molecule has 0 bridgehead atoms. The number of nitrogens with zero attached hydrogens (tertiary/aromatic N) is 1. The van der Waals surface area contributed by atoms with Gasteiger partial charge in [-0.25, -0.2) is 4.79 Å². The molecule has 0 radical (unpaired) electrons. The molecule has 0 spiro atoms. The number of carbonyl (C=O) groups excluding carboxylic acids is 1. The van der Waals surface area contributed by atoms with Gasteiger partial charge in [0.05, 0.1) is 0 Å². The topological polar surface area (TPSA) is 98.1 Å². The molecular formula is C11H13NO5. The molecule has 3 N–H and O–H groups in total. The fourth-order valence-corrected chi connectivity index (χ4v) is 1.46. The van der Waals surface area contributed by atoms with Crippen molar-refractivity contribution in [3.8, 4) is 11.5 Å². The van der Waals surface area contributed by atoms with Gasteiger partial charge in [-0.1, -0.05) is 0 Å². The number of phenolic OH excluding ortho intramolecular Hbond substituents is 2. The molecular weight excluding hydrogens is 226 g/mol. The summed E-state index contributed by atoms with van der Waals surface area (Å²) < 4.78 is 0. The quantitative estimate of drug-likeness (QED) is 0.664. The third kappa shape index (κ3) is 2.15. The lowest BCUT2D eigenvalue weighted by molar-refractivity contribution is -0.153. The minimum absolute atomic E-state index is 0.108. The van der Waals surface area contributed by atoms with Crippen LogP contribution in [0, 0.1) is 0 Å². The fourth-order valence-electron chi connectivity index (χ4n) is 1.46. The van der Waals surface area contributed by atoms with Gasteiger partial charge in [0.15, 0.2) is 5.54 Å². The zero-order valence-corrected chi connectivity index (χ0v) is 9.41. The van der Waals surface area contributed by atoms with E-state index in [-0.39, 0.29) is 17.1 Å². The first-order valence-electron chi connectivity index (χ1n) is 4.77. The first kappa shape index (κ1) is 12.8. The highest BCUT2D eigenvalue weighted by molar-refractivity contribution is 5.83. The van der Waals surface area contributed by atoms with E-state index in [1.807, 2.05) is 0 Å². The second-order valence-corrected chi connectivity index (χ2v) is 3.83. The van der Waals surface area contributed by atoms with Crippen LogP contribution in [-0.4, -0.2) is 39.6 Å².